The third-order valence-corrected chi connectivity index (χ3v) is 5.64. The van der Waals surface area contributed by atoms with E-state index in [4.69, 9.17) is 22.6 Å². The first-order chi connectivity index (χ1) is 15.5. The lowest BCUT2D eigenvalue weighted by molar-refractivity contribution is -0.929. The smallest absolute Gasteiger partial charge is 0.393 e. The molecule has 0 aliphatic heterocycles. The van der Waals surface area contributed by atoms with Gasteiger partial charge in [-0.05, 0) is 51.0 Å². The molecule has 196 valence electrons. The summed E-state index contributed by atoms with van der Waals surface area (Å²) in [5.41, 5.74) is 1.30. The van der Waals surface area contributed by atoms with Crippen molar-refractivity contribution < 1.29 is 27.1 Å². The van der Waals surface area contributed by atoms with Crippen molar-refractivity contribution >= 4 is 10.4 Å². The molecular formula is C26H52NO5S+. The van der Waals surface area contributed by atoms with Crippen LogP contribution >= 0.6 is 0 Å². The maximum Gasteiger partial charge on any atom is 0.394 e. The Bertz CT molecular complexity index is 590. The number of aryl methyl sites for hydroxylation is 1. The molecule has 33 heavy (non-hydrogen) atoms. The van der Waals surface area contributed by atoms with Gasteiger partial charge in [-0.15, -0.1) is 0 Å². The van der Waals surface area contributed by atoms with Crippen LogP contribution in [0.5, 0.6) is 0 Å². The monoisotopic (exact) mass is 490 g/mol. The van der Waals surface area contributed by atoms with E-state index in [1.165, 1.54) is 87.6 Å². The average Bonchev–Trinajstić information content (AvgIpc) is 2.77. The van der Waals surface area contributed by atoms with Crippen LogP contribution in [0.3, 0.4) is 0 Å². The molecule has 0 heterocycles. The predicted molar refractivity (Wildman–Crippen MR) is 140 cm³/mol. The van der Waals surface area contributed by atoms with Gasteiger partial charge in [-0.1, -0.05) is 83.7 Å². The molecule has 0 aromatic heterocycles. The minimum absolute atomic E-state index is 0.185. The Morgan fingerprint density at radius 1 is 0.758 bits per heavy atom. The second-order valence-corrected chi connectivity index (χ2v) is 9.87. The molecule has 0 spiro atoms. The van der Waals surface area contributed by atoms with Crippen molar-refractivity contribution in [3.05, 3.63) is 35.9 Å². The molecule has 0 saturated carbocycles. The molecule has 0 aliphatic carbocycles. The molecule has 0 amide bonds. The Labute approximate surface area is 204 Å². The second-order valence-electron chi connectivity index (χ2n) is 8.97. The van der Waals surface area contributed by atoms with Crippen LogP contribution < -0.4 is 0 Å². The van der Waals surface area contributed by atoms with Crippen molar-refractivity contribution in [2.45, 2.75) is 105 Å². The van der Waals surface area contributed by atoms with Crippen LogP contribution in [0.4, 0.5) is 0 Å². The molecule has 7 heteroatoms. The van der Waals surface area contributed by atoms with Gasteiger partial charge in [0.25, 0.3) is 0 Å². The van der Waals surface area contributed by atoms with Crippen LogP contribution in [0.15, 0.2) is 30.3 Å². The van der Waals surface area contributed by atoms with Gasteiger partial charge in [0.1, 0.15) is 0 Å². The molecule has 1 atom stereocenters. The lowest BCUT2D eigenvalue weighted by Crippen LogP contribution is -2.50. The van der Waals surface area contributed by atoms with Gasteiger partial charge in [0.2, 0.25) is 0 Å². The summed E-state index contributed by atoms with van der Waals surface area (Å²) in [6.07, 6.45) is 12.7. The van der Waals surface area contributed by atoms with Crippen molar-refractivity contribution in [3.8, 4) is 0 Å². The van der Waals surface area contributed by atoms with Crippen molar-refractivity contribution in [1.82, 2.24) is 0 Å². The quantitative estimate of drug-likeness (QED) is 0.197. The van der Waals surface area contributed by atoms with Gasteiger partial charge in [0, 0.05) is 0 Å². The van der Waals surface area contributed by atoms with E-state index in [9.17, 15) is 0 Å². The Balaban J connectivity index is 0. The number of nitrogens with zero attached hydrogens (tertiary/aromatic N) is 1. The van der Waals surface area contributed by atoms with E-state index in [1.54, 1.807) is 0 Å². The third kappa shape index (κ3) is 25.5. The van der Waals surface area contributed by atoms with E-state index in [-0.39, 0.29) is 6.10 Å². The number of aliphatic hydroxyl groups excluding tert-OH is 1. The minimum atomic E-state index is -4.67. The highest BCUT2D eigenvalue weighted by atomic mass is 32.3. The first-order valence-electron chi connectivity index (χ1n) is 12.8. The Morgan fingerprint density at radius 3 is 1.36 bits per heavy atom. The van der Waals surface area contributed by atoms with Crippen molar-refractivity contribution in [3.63, 3.8) is 0 Å². The summed E-state index contributed by atoms with van der Waals surface area (Å²) in [6.45, 7) is 16.8. The van der Waals surface area contributed by atoms with Crippen LogP contribution in [-0.4, -0.2) is 59.4 Å². The molecular weight excluding hydrogens is 438 g/mol. The zero-order chi connectivity index (χ0) is 25.6. The van der Waals surface area contributed by atoms with Crippen molar-refractivity contribution in [2.24, 2.45) is 0 Å². The average molecular weight is 491 g/mol. The van der Waals surface area contributed by atoms with E-state index >= 15 is 0 Å². The fourth-order valence-electron chi connectivity index (χ4n) is 3.67. The summed E-state index contributed by atoms with van der Waals surface area (Å²) < 4.78 is 33.0. The zero-order valence-corrected chi connectivity index (χ0v) is 22.7. The van der Waals surface area contributed by atoms with Crippen LogP contribution in [-0.2, 0) is 16.8 Å². The molecule has 0 bridgehead atoms. The van der Waals surface area contributed by atoms with Crippen LogP contribution in [0.25, 0.3) is 0 Å². The maximum atomic E-state index is 9.01. The topological polar surface area (TPSA) is 94.8 Å². The lowest BCUT2D eigenvalue weighted by atomic mass is 10.1. The number of hydrogen-bond acceptors (Lipinski definition) is 3. The molecule has 1 aromatic rings. The largest absolute Gasteiger partial charge is 0.394 e. The second kappa shape index (κ2) is 21.5. The molecule has 0 fully saturated rings. The third-order valence-electron chi connectivity index (χ3n) is 5.64. The van der Waals surface area contributed by atoms with Crippen molar-refractivity contribution in [1.29, 1.82) is 0 Å². The van der Waals surface area contributed by atoms with Gasteiger partial charge >= 0.3 is 10.4 Å². The van der Waals surface area contributed by atoms with Gasteiger partial charge in [-0.3, -0.25) is 9.11 Å². The molecule has 1 unspecified atom stereocenters. The lowest BCUT2D eigenvalue weighted by Gasteiger charge is -2.39. The number of aliphatic hydroxyl groups is 1. The van der Waals surface area contributed by atoms with E-state index in [2.05, 4.69) is 39.8 Å². The van der Waals surface area contributed by atoms with E-state index < -0.39 is 10.4 Å². The maximum absolute atomic E-state index is 9.01. The molecule has 3 N–H and O–H groups in total. The van der Waals surface area contributed by atoms with Crippen LogP contribution in [0, 0.1) is 0 Å². The van der Waals surface area contributed by atoms with Gasteiger partial charge in [-0.2, -0.15) is 8.42 Å². The standard InChI is InChI=1S/C16H36N.C10H14O.H2O4S/c1-5-9-13-17(14-10-6-2,15-11-7-3)16-12-8-4;1-9(11)7-8-10-5-3-2-4-6-10;1-5(2,3)4/h5-16H2,1-4H3;2-6,9,11H,7-8H2,1H3;(H2,1,2,3,4)/q+1;;. The zero-order valence-electron chi connectivity index (χ0n) is 21.9. The highest BCUT2D eigenvalue weighted by Crippen LogP contribution is 2.16. The molecule has 0 radical (unpaired) electrons. The summed E-state index contributed by atoms with van der Waals surface area (Å²) in [4.78, 5) is 0. The fraction of sp³-hybridized carbons (Fsp3) is 0.769. The van der Waals surface area contributed by atoms with Gasteiger partial charge in [0.15, 0.2) is 0 Å². The number of quaternary nitrogens is 1. The van der Waals surface area contributed by atoms with Gasteiger partial charge in [0.05, 0.1) is 32.3 Å². The van der Waals surface area contributed by atoms with Crippen LogP contribution in [0.1, 0.15) is 98.0 Å². The first-order valence-corrected chi connectivity index (χ1v) is 14.2. The SMILES string of the molecule is CC(O)CCc1ccccc1.CCCC[N+](CCCC)(CCCC)CCCC.O=S(=O)(O)O. The summed E-state index contributed by atoms with van der Waals surface area (Å²) in [5.74, 6) is 0. The Kier molecular flexibility index (Phi) is 22.3. The minimum Gasteiger partial charge on any atom is -0.393 e. The summed E-state index contributed by atoms with van der Waals surface area (Å²) in [5, 5.41) is 9.01. The van der Waals surface area contributed by atoms with Crippen LogP contribution in [0.2, 0.25) is 0 Å². The number of rotatable bonds is 15. The highest BCUT2D eigenvalue weighted by Gasteiger charge is 2.24. The summed E-state index contributed by atoms with van der Waals surface area (Å²) >= 11 is 0. The molecule has 1 rings (SSSR count). The first kappa shape index (κ1) is 34.2. The summed E-state index contributed by atoms with van der Waals surface area (Å²) in [7, 11) is -4.67. The predicted octanol–water partition coefficient (Wildman–Crippen LogP) is 6.35. The Hall–Kier alpha value is -0.990. The molecule has 1 aromatic carbocycles. The van der Waals surface area contributed by atoms with Gasteiger partial charge < -0.3 is 9.59 Å². The Morgan fingerprint density at radius 2 is 1.09 bits per heavy atom. The number of hydrogen-bond donors (Lipinski definition) is 3. The molecule has 0 aliphatic rings. The van der Waals surface area contributed by atoms with E-state index in [0.29, 0.717) is 0 Å². The summed E-state index contributed by atoms with van der Waals surface area (Å²) in [6, 6.07) is 10.2. The molecule has 6 nitrogen and oxygen atoms in total. The van der Waals surface area contributed by atoms with Gasteiger partial charge in [-0.25, -0.2) is 0 Å². The van der Waals surface area contributed by atoms with E-state index in [1.807, 2.05) is 25.1 Å². The highest BCUT2D eigenvalue weighted by molar-refractivity contribution is 7.79. The molecule has 0 saturated heterocycles. The number of unbranched alkanes of at least 4 members (excludes halogenated alkanes) is 4. The van der Waals surface area contributed by atoms with Crippen molar-refractivity contribution in [2.75, 3.05) is 26.2 Å². The fourth-order valence-corrected chi connectivity index (χ4v) is 3.67. The normalized spacial score (nSPS) is 12.2. The van der Waals surface area contributed by atoms with E-state index in [0.717, 1.165) is 12.8 Å². The number of benzene rings is 1.